The van der Waals surface area contributed by atoms with E-state index in [1.54, 1.807) is 18.2 Å². The number of hydrogen-bond acceptors (Lipinski definition) is 6. The van der Waals surface area contributed by atoms with Gasteiger partial charge in [0.1, 0.15) is 9.71 Å². The Balaban J connectivity index is 0.000000409. The molecule has 0 radical (unpaired) electrons. The lowest BCUT2D eigenvalue weighted by atomic mass is 10.1. The number of carbonyl (C=O) groups excluding carboxylic acids is 1. The van der Waals surface area contributed by atoms with Crippen molar-refractivity contribution in [3.63, 3.8) is 0 Å². The smallest absolute Gasteiger partial charge is 0.414 e. The molecule has 0 aliphatic carbocycles. The number of thiophene rings is 1. The topological polar surface area (TPSA) is 131 Å². The summed E-state index contributed by atoms with van der Waals surface area (Å²) >= 11 is 13.3. The molecule has 0 unspecified atom stereocenters. The minimum Gasteiger partial charge on any atom is -0.473 e. The van der Waals surface area contributed by atoms with Gasteiger partial charge in [-0.1, -0.05) is 23.2 Å². The zero-order valence-electron chi connectivity index (χ0n) is 14.6. The molecule has 0 aliphatic rings. The second-order valence-electron chi connectivity index (χ2n) is 5.67. The van der Waals surface area contributed by atoms with Gasteiger partial charge in [-0.15, -0.1) is 11.3 Å². The highest BCUT2D eigenvalue weighted by molar-refractivity contribution is 7.21. The van der Waals surface area contributed by atoms with Crippen molar-refractivity contribution in [2.75, 3.05) is 5.73 Å². The number of nitrogen functional groups attached to an aromatic ring is 1. The number of aryl methyl sites for hydroxylation is 2. The summed E-state index contributed by atoms with van der Waals surface area (Å²) in [4.78, 5) is 36.6. The van der Waals surface area contributed by atoms with Crippen molar-refractivity contribution in [1.82, 2.24) is 4.98 Å². The fourth-order valence-corrected chi connectivity index (χ4v) is 4.10. The van der Waals surface area contributed by atoms with E-state index < -0.39 is 11.9 Å². The second kappa shape index (κ2) is 8.55. The van der Waals surface area contributed by atoms with Gasteiger partial charge in [-0.05, 0) is 43.7 Å². The van der Waals surface area contributed by atoms with Crippen LogP contribution >= 0.6 is 34.5 Å². The summed E-state index contributed by atoms with van der Waals surface area (Å²) < 4.78 is 0. The van der Waals surface area contributed by atoms with Gasteiger partial charge in [-0.3, -0.25) is 4.79 Å². The highest BCUT2D eigenvalue weighted by Gasteiger charge is 2.22. The van der Waals surface area contributed by atoms with Crippen LogP contribution < -0.4 is 5.73 Å². The van der Waals surface area contributed by atoms with E-state index >= 15 is 0 Å². The summed E-state index contributed by atoms with van der Waals surface area (Å²) in [5, 5.41) is 16.4. The van der Waals surface area contributed by atoms with Gasteiger partial charge in [0.05, 0.1) is 10.7 Å². The Hall–Kier alpha value is -2.68. The maximum atomic E-state index is 12.7. The van der Waals surface area contributed by atoms with Gasteiger partial charge in [-0.25, -0.2) is 14.6 Å². The lowest BCUT2D eigenvalue weighted by Crippen LogP contribution is -2.09. The normalized spacial score (nSPS) is 10.3. The molecule has 7 nitrogen and oxygen atoms in total. The van der Waals surface area contributed by atoms with Crippen LogP contribution in [0.25, 0.3) is 10.2 Å². The Morgan fingerprint density at radius 2 is 1.68 bits per heavy atom. The monoisotopic (exact) mass is 440 g/mol. The largest absolute Gasteiger partial charge is 0.473 e. The Kier molecular flexibility index (Phi) is 6.60. The fraction of sp³-hybridized carbons (Fsp3) is 0.111. The zero-order chi connectivity index (χ0) is 21.2. The number of anilines is 1. The molecule has 0 saturated heterocycles. The molecule has 3 rings (SSSR count). The van der Waals surface area contributed by atoms with Crippen molar-refractivity contribution < 1.29 is 24.6 Å². The summed E-state index contributed by atoms with van der Waals surface area (Å²) in [5.74, 6) is -3.86. The maximum absolute atomic E-state index is 12.7. The number of aliphatic carboxylic acids is 2. The summed E-state index contributed by atoms with van der Waals surface area (Å²) in [6.07, 6.45) is 0. The van der Waals surface area contributed by atoms with Gasteiger partial charge in [0.2, 0.25) is 5.78 Å². The number of rotatable bonds is 2. The van der Waals surface area contributed by atoms with E-state index in [9.17, 15) is 4.79 Å². The molecule has 2 aromatic heterocycles. The third-order valence-corrected chi connectivity index (χ3v) is 5.24. The fourth-order valence-electron chi connectivity index (χ4n) is 2.43. The molecule has 1 aromatic carbocycles. The molecule has 0 amide bonds. The molecule has 28 heavy (non-hydrogen) atoms. The van der Waals surface area contributed by atoms with Crippen molar-refractivity contribution in [3.05, 3.63) is 56.0 Å². The number of carboxylic acid groups (broad SMARTS) is 2. The van der Waals surface area contributed by atoms with Gasteiger partial charge in [0.25, 0.3) is 0 Å². The number of benzene rings is 1. The van der Waals surface area contributed by atoms with E-state index in [0.29, 0.717) is 26.2 Å². The van der Waals surface area contributed by atoms with Gasteiger partial charge >= 0.3 is 11.9 Å². The van der Waals surface area contributed by atoms with Crippen molar-refractivity contribution in [2.24, 2.45) is 0 Å². The third kappa shape index (κ3) is 4.59. The average Bonchev–Trinajstić information content (AvgIpc) is 2.91. The predicted molar refractivity (Wildman–Crippen MR) is 109 cm³/mol. The van der Waals surface area contributed by atoms with E-state index in [0.717, 1.165) is 21.5 Å². The maximum Gasteiger partial charge on any atom is 0.414 e. The number of aromatic nitrogens is 1. The molecule has 0 fully saturated rings. The van der Waals surface area contributed by atoms with Crippen LogP contribution in [0.3, 0.4) is 0 Å². The van der Waals surface area contributed by atoms with Crippen molar-refractivity contribution in [2.45, 2.75) is 13.8 Å². The molecular formula is C18H14Cl2N2O5S. The average molecular weight is 441 g/mol. The lowest BCUT2D eigenvalue weighted by Gasteiger charge is -2.03. The van der Waals surface area contributed by atoms with Crippen LogP contribution in [0, 0.1) is 13.8 Å². The second-order valence-corrected chi connectivity index (χ2v) is 7.51. The van der Waals surface area contributed by atoms with Crippen LogP contribution in [0.15, 0.2) is 24.3 Å². The van der Waals surface area contributed by atoms with Gasteiger partial charge in [-0.2, -0.15) is 0 Å². The zero-order valence-corrected chi connectivity index (χ0v) is 16.9. The van der Waals surface area contributed by atoms with Crippen LogP contribution in [-0.4, -0.2) is 32.9 Å². The number of fused-ring (bicyclic) bond motifs is 1. The molecule has 2 heterocycles. The van der Waals surface area contributed by atoms with E-state index in [-0.39, 0.29) is 5.78 Å². The highest BCUT2D eigenvalue weighted by atomic mass is 35.5. The van der Waals surface area contributed by atoms with Gasteiger partial charge < -0.3 is 15.9 Å². The Morgan fingerprint density at radius 3 is 2.21 bits per heavy atom. The predicted octanol–water partition coefficient (Wildman–Crippen LogP) is 4.19. The Bertz CT molecular complexity index is 1100. The first-order valence-corrected chi connectivity index (χ1v) is 9.22. The molecule has 0 saturated carbocycles. The minimum absolute atomic E-state index is 0.209. The standard InChI is InChI=1S/C16H12Cl2N2OS.C2H2O4/c1-7-5-8(2)20-16-12(7)13(19)15(22-16)14(21)10-4-3-9(17)6-11(10)18;3-1(4)2(5)6/h3-6H,19H2,1-2H3;(H,3,4)(H,5,6). The number of pyridine rings is 1. The molecule has 0 aliphatic heterocycles. The first kappa shape index (κ1) is 21.6. The van der Waals surface area contributed by atoms with Gasteiger partial charge in [0, 0.05) is 21.7 Å². The van der Waals surface area contributed by atoms with Crippen LogP contribution in [0.5, 0.6) is 0 Å². The Morgan fingerprint density at radius 1 is 1.07 bits per heavy atom. The summed E-state index contributed by atoms with van der Waals surface area (Å²) in [6, 6.07) is 6.75. The van der Waals surface area contributed by atoms with Crippen LogP contribution in [0.2, 0.25) is 10.0 Å². The number of ketones is 1. The first-order chi connectivity index (χ1) is 13.0. The number of carbonyl (C=O) groups is 3. The number of nitrogens with zero attached hydrogens (tertiary/aromatic N) is 1. The lowest BCUT2D eigenvalue weighted by molar-refractivity contribution is -0.159. The van der Waals surface area contributed by atoms with Crippen molar-refractivity contribution in [1.29, 1.82) is 0 Å². The number of nitrogens with two attached hydrogens (primary N) is 1. The van der Waals surface area contributed by atoms with Gasteiger partial charge in [0.15, 0.2) is 0 Å². The van der Waals surface area contributed by atoms with Crippen LogP contribution in [0.4, 0.5) is 5.69 Å². The Labute approximate surface area is 173 Å². The number of carboxylic acids is 2. The minimum atomic E-state index is -1.82. The molecular weight excluding hydrogens is 427 g/mol. The molecule has 0 bridgehead atoms. The summed E-state index contributed by atoms with van der Waals surface area (Å²) in [7, 11) is 0. The molecule has 0 atom stereocenters. The van der Waals surface area contributed by atoms with Crippen LogP contribution in [-0.2, 0) is 9.59 Å². The van der Waals surface area contributed by atoms with E-state index in [4.69, 9.17) is 48.7 Å². The SMILES string of the molecule is Cc1cc(C)c2c(N)c(C(=O)c3ccc(Cl)cc3Cl)sc2n1.O=C(O)C(=O)O. The van der Waals surface area contributed by atoms with Crippen molar-refractivity contribution in [3.8, 4) is 0 Å². The molecule has 3 aromatic rings. The first-order valence-electron chi connectivity index (χ1n) is 7.65. The summed E-state index contributed by atoms with van der Waals surface area (Å²) in [5.41, 5.74) is 8.95. The van der Waals surface area contributed by atoms with E-state index in [1.807, 2.05) is 19.9 Å². The quantitative estimate of drug-likeness (QED) is 0.402. The van der Waals surface area contributed by atoms with E-state index in [1.165, 1.54) is 11.3 Å². The van der Waals surface area contributed by atoms with E-state index in [2.05, 4.69) is 4.98 Å². The molecule has 10 heteroatoms. The number of halogens is 2. The molecule has 0 spiro atoms. The van der Waals surface area contributed by atoms with Crippen molar-refractivity contribution >= 4 is 68.2 Å². The molecule has 4 N–H and O–H groups in total. The molecule has 146 valence electrons. The summed E-state index contributed by atoms with van der Waals surface area (Å²) in [6.45, 7) is 3.88. The van der Waals surface area contributed by atoms with Crippen LogP contribution in [0.1, 0.15) is 26.5 Å². The third-order valence-electron chi connectivity index (χ3n) is 3.59. The highest BCUT2D eigenvalue weighted by Crippen LogP contribution is 2.37. The number of hydrogen-bond donors (Lipinski definition) is 3.